The Morgan fingerprint density at radius 1 is 1.36 bits per heavy atom. The lowest BCUT2D eigenvalue weighted by molar-refractivity contribution is -0.118. The van der Waals surface area contributed by atoms with Gasteiger partial charge in [-0.2, -0.15) is 0 Å². The Labute approximate surface area is 67.2 Å². The van der Waals surface area contributed by atoms with Crippen LogP contribution in [0.2, 0.25) is 0 Å². The Hall–Kier alpha value is -0.0951. The molecular weight excluding hydrogens is 147 g/mol. The summed E-state index contributed by atoms with van der Waals surface area (Å²) in [6.07, 6.45) is 0. The zero-order valence-electron chi connectivity index (χ0n) is 6.95. The standard InChI is InChI=1S/C6H15BO4/c1-6(3-9,4-10)11-5(7)2-8/h5,8-10H,2-4,7H2,1H3/t5-/m1/s1. The molecule has 0 aliphatic carbocycles. The van der Waals surface area contributed by atoms with E-state index >= 15 is 0 Å². The molecular formula is C6H15BO4. The molecule has 0 aliphatic rings. The van der Waals surface area contributed by atoms with Crippen molar-refractivity contribution >= 4 is 7.85 Å². The number of aliphatic hydroxyl groups excluding tert-OH is 3. The van der Waals surface area contributed by atoms with E-state index in [-0.39, 0.29) is 25.8 Å². The number of hydrogen-bond acceptors (Lipinski definition) is 4. The van der Waals surface area contributed by atoms with E-state index in [9.17, 15) is 0 Å². The maximum absolute atomic E-state index is 8.76. The van der Waals surface area contributed by atoms with Gasteiger partial charge in [0.05, 0.1) is 19.8 Å². The van der Waals surface area contributed by atoms with Crippen molar-refractivity contribution in [3.05, 3.63) is 0 Å². The Kier molecular flexibility index (Phi) is 4.68. The van der Waals surface area contributed by atoms with Gasteiger partial charge in [0.1, 0.15) is 13.4 Å². The van der Waals surface area contributed by atoms with E-state index in [0.717, 1.165) is 0 Å². The number of ether oxygens (including phenoxy) is 1. The molecule has 1 atom stereocenters. The minimum absolute atomic E-state index is 0.115. The second-order valence-electron chi connectivity index (χ2n) is 2.88. The van der Waals surface area contributed by atoms with Crippen LogP contribution in [-0.2, 0) is 4.74 Å². The van der Waals surface area contributed by atoms with Crippen molar-refractivity contribution in [3.8, 4) is 0 Å². The lowest BCUT2D eigenvalue weighted by Gasteiger charge is -2.28. The van der Waals surface area contributed by atoms with Crippen molar-refractivity contribution in [2.24, 2.45) is 0 Å². The van der Waals surface area contributed by atoms with Gasteiger partial charge in [-0.25, -0.2) is 0 Å². The van der Waals surface area contributed by atoms with Crippen LogP contribution in [0.1, 0.15) is 6.92 Å². The van der Waals surface area contributed by atoms with Crippen LogP contribution in [0.15, 0.2) is 0 Å². The summed E-state index contributed by atoms with van der Waals surface area (Å²) >= 11 is 0. The van der Waals surface area contributed by atoms with Crippen LogP contribution in [0, 0.1) is 0 Å². The van der Waals surface area contributed by atoms with Gasteiger partial charge >= 0.3 is 0 Å². The highest BCUT2D eigenvalue weighted by Gasteiger charge is 2.25. The third kappa shape index (κ3) is 3.72. The summed E-state index contributed by atoms with van der Waals surface area (Å²) in [5.74, 6) is 0. The molecule has 0 aliphatic heterocycles. The molecule has 0 saturated heterocycles. The fourth-order valence-electron chi connectivity index (χ4n) is 0.648. The summed E-state index contributed by atoms with van der Waals surface area (Å²) in [4.78, 5) is 0. The Balaban J connectivity index is 3.86. The normalized spacial score (nSPS) is 14.9. The molecule has 0 aromatic rings. The first-order valence-corrected chi connectivity index (χ1v) is 3.58. The second kappa shape index (κ2) is 4.72. The van der Waals surface area contributed by atoms with E-state index in [2.05, 4.69) is 0 Å². The predicted molar refractivity (Wildman–Crippen MR) is 43.1 cm³/mol. The lowest BCUT2D eigenvalue weighted by atomic mass is 9.99. The summed E-state index contributed by atoms with van der Waals surface area (Å²) in [7, 11) is 1.67. The van der Waals surface area contributed by atoms with Crippen molar-refractivity contribution in [3.63, 3.8) is 0 Å². The zero-order valence-corrected chi connectivity index (χ0v) is 6.95. The highest BCUT2D eigenvalue weighted by Crippen LogP contribution is 2.09. The van der Waals surface area contributed by atoms with Crippen LogP contribution in [0.4, 0.5) is 0 Å². The molecule has 4 nitrogen and oxygen atoms in total. The van der Waals surface area contributed by atoms with Gasteiger partial charge in [0.2, 0.25) is 0 Å². The van der Waals surface area contributed by atoms with E-state index in [4.69, 9.17) is 20.1 Å². The predicted octanol–water partition coefficient (Wildman–Crippen LogP) is -2.30. The molecule has 3 N–H and O–H groups in total. The molecule has 0 amide bonds. The van der Waals surface area contributed by atoms with Crippen LogP contribution in [0.5, 0.6) is 0 Å². The van der Waals surface area contributed by atoms with Gasteiger partial charge in [0, 0.05) is 6.00 Å². The lowest BCUT2D eigenvalue weighted by Crippen LogP contribution is -2.42. The molecule has 0 aromatic carbocycles. The van der Waals surface area contributed by atoms with Gasteiger partial charge < -0.3 is 20.1 Å². The Bertz CT molecular complexity index is 105. The first-order chi connectivity index (χ1) is 5.08. The minimum atomic E-state index is -0.942. The molecule has 0 radical (unpaired) electrons. The monoisotopic (exact) mass is 162 g/mol. The molecule has 0 spiro atoms. The fraction of sp³-hybridized carbons (Fsp3) is 1.00. The molecule has 0 heterocycles. The van der Waals surface area contributed by atoms with Crippen LogP contribution in [-0.4, -0.2) is 54.6 Å². The van der Waals surface area contributed by atoms with Crippen molar-refractivity contribution in [1.82, 2.24) is 0 Å². The molecule has 0 rings (SSSR count). The number of rotatable bonds is 5. The molecule has 66 valence electrons. The van der Waals surface area contributed by atoms with E-state index in [1.807, 2.05) is 0 Å². The zero-order chi connectivity index (χ0) is 8.91. The summed E-state index contributed by atoms with van der Waals surface area (Å²) in [5.41, 5.74) is -0.942. The van der Waals surface area contributed by atoms with E-state index in [0.29, 0.717) is 0 Å². The fourth-order valence-corrected chi connectivity index (χ4v) is 0.648. The van der Waals surface area contributed by atoms with Crippen molar-refractivity contribution < 1.29 is 20.1 Å². The largest absolute Gasteiger partial charge is 0.394 e. The smallest absolute Gasteiger partial charge is 0.142 e. The van der Waals surface area contributed by atoms with Crippen molar-refractivity contribution in [2.45, 2.75) is 18.5 Å². The van der Waals surface area contributed by atoms with Crippen LogP contribution in [0.3, 0.4) is 0 Å². The van der Waals surface area contributed by atoms with E-state index in [1.165, 1.54) is 0 Å². The highest BCUT2D eigenvalue weighted by atomic mass is 16.5. The van der Waals surface area contributed by atoms with Gasteiger partial charge in [0.25, 0.3) is 0 Å². The van der Waals surface area contributed by atoms with E-state index < -0.39 is 5.60 Å². The van der Waals surface area contributed by atoms with Crippen LogP contribution < -0.4 is 0 Å². The van der Waals surface area contributed by atoms with E-state index in [1.54, 1.807) is 14.8 Å². The SMILES string of the molecule is B[C@@H](CO)OC(C)(CO)CO. The first-order valence-electron chi connectivity index (χ1n) is 3.58. The van der Waals surface area contributed by atoms with Crippen LogP contribution >= 0.6 is 0 Å². The third-order valence-corrected chi connectivity index (χ3v) is 1.41. The number of aliphatic hydroxyl groups is 3. The summed E-state index contributed by atoms with van der Waals surface area (Å²) in [5, 5.41) is 26.1. The topological polar surface area (TPSA) is 69.9 Å². The molecule has 11 heavy (non-hydrogen) atoms. The van der Waals surface area contributed by atoms with Gasteiger partial charge in [-0.1, -0.05) is 0 Å². The molecule has 0 bridgehead atoms. The molecule has 5 heteroatoms. The van der Waals surface area contributed by atoms with Gasteiger partial charge in [-0.15, -0.1) is 0 Å². The average molecular weight is 162 g/mol. The van der Waals surface area contributed by atoms with Gasteiger partial charge in [-0.05, 0) is 6.92 Å². The minimum Gasteiger partial charge on any atom is -0.394 e. The summed E-state index contributed by atoms with van der Waals surface area (Å²) in [6.45, 7) is 0.955. The Morgan fingerprint density at radius 2 is 1.82 bits per heavy atom. The summed E-state index contributed by atoms with van der Waals surface area (Å²) < 4.78 is 5.14. The highest BCUT2D eigenvalue weighted by molar-refractivity contribution is 6.11. The van der Waals surface area contributed by atoms with Crippen LogP contribution in [0.25, 0.3) is 0 Å². The molecule has 0 aromatic heterocycles. The van der Waals surface area contributed by atoms with Crippen molar-refractivity contribution in [1.29, 1.82) is 0 Å². The van der Waals surface area contributed by atoms with Gasteiger partial charge in [0.15, 0.2) is 0 Å². The third-order valence-electron chi connectivity index (χ3n) is 1.41. The quantitative estimate of drug-likeness (QED) is 0.397. The van der Waals surface area contributed by atoms with Gasteiger partial charge in [-0.3, -0.25) is 0 Å². The molecule has 0 saturated carbocycles. The molecule has 0 unspecified atom stereocenters. The summed E-state index contributed by atoms with van der Waals surface area (Å²) in [6, 6.07) is -0.362. The maximum atomic E-state index is 8.76. The average Bonchev–Trinajstić information content (AvgIpc) is 2.04. The second-order valence-corrected chi connectivity index (χ2v) is 2.88. The van der Waals surface area contributed by atoms with Crippen molar-refractivity contribution in [2.75, 3.05) is 19.8 Å². The maximum Gasteiger partial charge on any atom is 0.142 e. The Morgan fingerprint density at radius 3 is 2.09 bits per heavy atom. The number of hydrogen-bond donors (Lipinski definition) is 3. The first kappa shape index (κ1) is 10.9. The molecule has 0 fully saturated rings.